The fourth-order valence-electron chi connectivity index (χ4n) is 2.02. The van der Waals surface area contributed by atoms with Crippen LogP contribution in [0.4, 0.5) is 11.4 Å². The fourth-order valence-corrected chi connectivity index (χ4v) is 2.29. The summed E-state index contributed by atoms with van der Waals surface area (Å²) in [4.78, 5) is 10.2. The normalized spacial score (nSPS) is 17.2. The summed E-state index contributed by atoms with van der Waals surface area (Å²) in [6.07, 6.45) is 2.27. The summed E-state index contributed by atoms with van der Waals surface area (Å²) in [5, 5.41) is 15.2. The van der Waals surface area contributed by atoms with Gasteiger partial charge in [0.25, 0.3) is 5.69 Å². The van der Waals surface area contributed by atoms with Crippen molar-refractivity contribution in [3.8, 4) is 0 Å². The van der Waals surface area contributed by atoms with Gasteiger partial charge in [-0.25, -0.2) is 5.01 Å². The molecule has 92 valence electrons. The van der Waals surface area contributed by atoms with Gasteiger partial charge in [0.15, 0.2) is 0 Å². The van der Waals surface area contributed by atoms with Gasteiger partial charge >= 0.3 is 0 Å². The van der Waals surface area contributed by atoms with Gasteiger partial charge in [-0.3, -0.25) is 10.1 Å². The third-order valence-electron chi connectivity index (χ3n) is 2.93. The van der Waals surface area contributed by atoms with Crippen molar-refractivity contribution >= 4 is 23.0 Å². The van der Waals surface area contributed by atoms with E-state index in [1.807, 2.05) is 7.05 Å². The van der Waals surface area contributed by atoms with Crippen molar-refractivity contribution in [2.45, 2.75) is 12.8 Å². The van der Waals surface area contributed by atoms with E-state index in [1.165, 1.54) is 12.1 Å². The maximum atomic E-state index is 10.6. The Kier molecular flexibility index (Phi) is 3.49. The molecule has 0 aromatic heterocycles. The van der Waals surface area contributed by atoms with Crippen molar-refractivity contribution in [1.82, 2.24) is 5.01 Å². The van der Waals surface area contributed by atoms with Crippen LogP contribution in [0.25, 0.3) is 0 Å². The van der Waals surface area contributed by atoms with Crippen LogP contribution < -0.4 is 5.01 Å². The highest BCUT2D eigenvalue weighted by atomic mass is 35.5. The number of nitrogens with zero attached hydrogens (tertiary/aromatic N) is 3. The Morgan fingerprint density at radius 1 is 1.35 bits per heavy atom. The second kappa shape index (κ2) is 4.89. The van der Waals surface area contributed by atoms with Gasteiger partial charge in [-0.05, 0) is 18.9 Å². The van der Waals surface area contributed by atoms with Gasteiger partial charge in [-0.1, -0.05) is 11.6 Å². The van der Waals surface area contributed by atoms with Crippen LogP contribution in [0, 0.1) is 10.1 Å². The van der Waals surface area contributed by atoms with Crippen LogP contribution in [-0.4, -0.2) is 30.1 Å². The number of nitro benzene ring substituents is 1. The summed E-state index contributed by atoms with van der Waals surface area (Å²) in [7, 11) is 2.00. The molecule has 2 rings (SSSR count). The highest BCUT2D eigenvalue weighted by Gasteiger charge is 2.20. The Morgan fingerprint density at radius 2 is 2.06 bits per heavy atom. The quantitative estimate of drug-likeness (QED) is 0.602. The number of rotatable bonds is 2. The van der Waals surface area contributed by atoms with E-state index in [2.05, 4.69) is 10.0 Å². The molecule has 1 saturated heterocycles. The minimum atomic E-state index is -0.435. The zero-order chi connectivity index (χ0) is 12.4. The summed E-state index contributed by atoms with van der Waals surface area (Å²) in [6, 6.07) is 4.60. The summed E-state index contributed by atoms with van der Waals surface area (Å²) < 4.78 is 0. The lowest BCUT2D eigenvalue weighted by molar-refractivity contribution is -0.384. The number of hydrogen-bond acceptors (Lipinski definition) is 4. The third kappa shape index (κ3) is 2.50. The molecule has 0 bridgehead atoms. The average Bonchev–Trinajstić information content (AvgIpc) is 2.30. The molecule has 0 N–H and O–H groups in total. The molecule has 0 radical (unpaired) electrons. The van der Waals surface area contributed by atoms with Crippen molar-refractivity contribution in [3.05, 3.63) is 33.3 Å². The molecule has 5 nitrogen and oxygen atoms in total. The lowest BCUT2D eigenvalue weighted by Crippen LogP contribution is -2.44. The molecule has 0 atom stereocenters. The predicted octanol–water partition coefficient (Wildman–Crippen LogP) is 2.70. The maximum Gasteiger partial charge on any atom is 0.271 e. The van der Waals surface area contributed by atoms with Gasteiger partial charge in [0.05, 0.1) is 15.6 Å². The van der Waals surface area contributed by atoms with E-state index in [4.69, 9.17) is 11.6 Å². The second-order valence-electron chi connectivity index (χ2n) is 4.10. The van der Waals surface area contributed by atoms with E-state index in [-0.39, 0.29) is 5.69 Å². The fraction of sp³-hybridized carbons (Fsp3) is 0.455. The molecule has 0 unspecified atom stereocenters. The van der Waals surface area contributed by atoms with Crippen LogP contribution in [-0.2, 0) is 0 Å². The summed E-state index contributed by atoms with van der Waals surface area (Å²) >= 11 is 6.10. The number of non-ortho nitro benzene ring substituents is 1. The van der Waals surface area contributed by atoms with Crippen LogP contribution in [0.5, 0.6) is 0 Å². The van der Waals surface area contributed by atoms with Crippen molar-refractivity contribution in [1.29, 1.82) is 0 Å². The first-order valence-electron chi connectivity index (χ1n) is 5.52. The maximum absolute atomic E-state index is 10.6. The topological polar surface area (TPSA) is 49.6 Å². The van der Waals surface area contributed by atoms with Gasteiger partial charge in [-0.15, -0.1) is 0 Å². The molecule has 1 aromatic rings. The van der Waals surface area contributed by atoms with E-state index >= 15 is 0 Å². The number of halogens is 1. The summed E-state index contributed by atoms with van der Waals surface area (Å²) in [6.45, 7) is 1.88. The van der Waals surface area contributed by atoms with E-state index in [1.54, 1.807) is 6.07 Å². The van der Waals surface area contributed by atoms with E-state index in [0.29, 0.717) is 5.02 Å². The number of hydrogen-bond donors (Lipinski definition) is 0. The number of nitro groups is 1. The van der Waals surface area contributed by atoms with Crippen molar-refractivity contribution in [2.24, 2.45) is 0 Å². The largest absolute Gasteiger partial charge is 0.305 e. The minimum Gasteiger partial charge on any atom is -0.305 e. The summed E-state index contributed by atoms with van der Waals surface area (Å²) in [5.41, 5.74) is 0.859. The van der Waals surface area contributed by atoms with Gasteiger partial charge in [0, 0.05) is 32.3 Å². The van der Waals surface area contributed by atoms with Gasteiger partial charge in [-0.2, -0.15) is 0 Å². The van der Waals surface area contributed by atoms with Gasteiger partial charge in [0.2, 0.25) is 0 Å². The first-order chi connectivity index (χ1) is 8.09. The molecule has 0 amide bonds. The molecule has 1 aliphatic heterocycles. The van der Waals surface area contributed by atoms with Crippen molar-refractivity contribution in [2.75, 3.05) is 25.1 Å². The molecule has 6 heteroatoms. The second-order valence-corrected chi connectivity index (χ2v) is 4.51. The number of anilines is 1. The molecule has 0 spiro atoms. The smallest absolute Gasteiger partial charge is 0.271 e. The average molecular weight is 256 g/mol. The highest BCUT2D eigenvalue weighted by molar-refractivity contribution is 6.33. The zero-order valence-corrected chi connectivity index (χ0v) is 10.4. The van der Waals surface area contributed by atoms with Crippen LogP contribution in [0.1, 0.15) is 12.8 Å². The standard InChI is InChI=1S/C11H14ClN3O2/c1-13-6-2-3-7-14(13)11-5-4-9(15(16)17)8-10(11)12/h4-5,8H,2-3,6-7H2,1H3. The summed E-state index contributed by atoms with van der Waals surface area (Å²) in [5.74, 6) is 0. The molecule has 1 fully saturated rings. The van der Waals surface area contributed by atoms with Gasteiger partial charge < -0.3 is 5.01 Å². The number of benzene rings is 1. The molecule has 1 aromatic carbocycles. The van der Waals surface area contributed by atoms with Crippen LogP contribution in [0.2, 0.25) is 5.02 Å². The van der Waals surface area contributed by atoms with Crippen LogP contribution in [0.3, 0.4) is 0 Å². The molecule has 17 heavy (non-hydrogen) atoms. The van der Waals surface area contributed by atoms with E-state index in [9.17, 15) is 10.1 Å². The Bertz CT molecular complexity index is 439. The Labute approximate surface area is 105 Å². The molecule has 1 heterocycles. The van der Waals surface area contributed by atoms with E-state index < -0.39 is 4.92 Å². The zero-order valence-electron chi connectivity index (χ0n) is 9.60. The molecular formula is C11H14ClN3O2. The Morgan fingerprint density at radius 3 is 2.65 bits per heavy atom. The third-order valence-corrected chi connectivity index (χ3v) is 3.24. The predicted molar refractivity (Wildman–Crippen MR) is 67.3 cm³/mol. The Hall–Kier alpha value is -1.33. The monoisotopic (exact) mass is 255 g/mol. The highest BCUT2D eigenvalue weighted by Crippen LogP contribution is 2.31. The van der Waals surface area contributed by atoms with Crippen molar-refractivity contribution < 1.29 is 4.92 Å². The van der Waals surface area contributed by atoms with Crippen LogP contribution >= 0.6 is 11.6 Å². The first kappa shape index (κ1) is 12.1. The number of hydrazine groups is 1. The van der Waals surface area contributed by atoms with E-state index in [0.717, 1.165) is 31.6 Å². The molecule has 0 saturated carbocycles. The lowest BCUT2D eigenvalue weighted by atomic mass is 10.2. The lowest BCUT2D eigenvalue weighted by Gasteiger charge is -2.38. The molecule has 0 aliphatic carbocycles. The minimum absolute atomic E-state index is 0.0263. The molecule has 1 aliphatic rings. The van der Waals surface area contributed by atoms with Crippen molar-refractivity contribution in [3.63, 3.8) is 0 Å². The van der Waals surface area contributed by atoms with Gasteiger partial charge in [0.1, 0.15) is 0 Å². The first-order valence-corrected chi connectivity index (χ1v) is 5.90. The molecular weight excluding hydrogens is 242 g/mol. The SMILES string of the molecule is CN1CCCCN1c1ccc([N+](=O)[O-])cc1Cl. The van der Waals surface area contributed by atoms with Crippen LogP contribution in [0.15, 0.2) is 18.2 Å². The Balaban J connectivity index is 2.29.